The van der Waals surface area contributed by atoms with E-state index in [9.17, 15) is 4.79 Å². The number of likely N-dealkylation sites (N-methyl/N-ethyl adjacent to an activating group) is 1. The minimum atomic E-state index is 0.00534. The lowest BCUT2D eigenvalue weighted by molar-refractivity contribution is -0.127. The molecular formula is C18H31N5OS. The van der Waals surface area contributed by atoms with E-state index in [-0.39, 0.29) is 12.5 Å². The van der Waals surface area contributed by atoms with Gasteiger partial charge in [-0.3, -0.25) is 4.79 Å². The van der Waals surface area contributed by atoms with Gasteiger partial charge in [0.05, 0.1) is 5.01 Å². The molecule has 3 atom stereocenters. The van der Waals surface area contributed by atoms with Crippen LogP contribution in [0, 0.1) is 5.92 Å². The summed E-state index contributed by atoms with van der Waals surface area (Å²) in [5.74, 6) is 1.67. The molecule has 7 heteroatoms. The molecule has 0 radical (unpaired) electrons. The number of hydrogen-bond acceptors (Lipinski definition) is 4. The van der Waals surface area contributed by atoms with Crippen molar-refractivity contribution < 1.29 is 4.79 Å². The summed E-state index contributed by atoms with van der Waals surface area (Å²) in [6.07, 6.45) is 6.80. The molecule has 1 aromatic heterocycles. The monoisotopic (exact) mass is 365 g/mol. The molecule has 6 nitrogen and oxygen atoms in total. The predicted molar refractivity (Wildman–Crippen MR) is 104 cm³/mol. The van der Waals surface area contributed by atoms with Crippen LogP contribution >= 0.6 is 11.3 Å². The Morgan fingerprint density at radius 3 is 2.84 bits per heavy atom. The number of aromatic nitrogens is 1. The van der Waals surface area contributed by atoms with Gasteiger partial charge in [-0.15, -0.1) is 11.3 Å². The van der Waals surface area contributed by atoms with Crippen molar-refractivity contribution in [2.75, 3.05) is 27.2 Å². The van der Waals surface area contributed by atoms with Crippen LogP contribution in [0.3, 0.4) is 0 Å². The maximum Gasteiger partial charge on any atom is 0.243 e. The quantitative estimate of drug-likeness (QED) is 0.600. The van der Waals surface area contributed by atoms with Crippen molar-refractivity contribution >= 4 is 23.2 Å². The van der Waals surface area contributed by atoms with Gasteiger partial charge in [-0.05, 0) is 18.8 Å². The fourth-order valence-electron chi connectivity index (χ4n) is 2.96. The Morgan fingerprint density at radius 1 is 1.44 bits per heavy atom. The standard InChI is InChI=1S/C18H31N5OS/c1-13-7-5-6-8-15(13)22-18(21-12-16(24)23(3)4)20-11-14(2)17-19-9-10-25-17/h9-10,13-15H,5-8,11-12H2,1-4H3,(H2,20,21,22). The topological polar surface area (TPSA) is 69.6 Å². The number of hydrogen-bond donors (Lipinski definition) is 2. The lowest BCUT2D eigenvalue weighted by Gasteiger charge is -2.31. The van der Waals surface area contributed by atoms with E-state index in [1.54, 1.807) is 30.3 Å². The highest BCUT2D eigenvalue weighted by Gasteiger charge is 2.22. The van der Waals surface area contributed by atoms with Gasteiger partial charge in [-0.1, -0.05) is 26.7 Å². The van der Waals surface area contributed by atoms with Crippen LogP contribution in [0.5, 0.6) is 0 Å². The van der Waals surface area contributed by atoms with Crippen LogP contribution in [-0.4, -0.2) is 55.0 Å². The van der Waals surface area contributed by atoms with Crippen LogP contribution in [0.1, 0.15) is 50.5 Å². The SMILES string of the molecule is CC(CNC(=NCC(=O)N(C)C)NC1CCCCC1C)c1nccs1. The fraction of sp³-hybridized carbons (Fsp3) is 0.722. The molecule has 0 aliphatic heterocycles. The van der Waals surface area contributed by atoms with E-state index in [0.717, 1.165) is 23.9 Å². The molecule has 140 valence electrons. The van der Waals surface area contributed by atoms with Gasteiger partial charge in [0, 0.05) is 44.2 Å². The Balaban J connectivity index is 1.97. The largest absolute Gasteiger partial charge is 0.356 e. The lowest BCUT2D eigenvalue weighted by atomic mass is 9.86. The smallest absolute Gasteiger partial charge is 0.243 e. The van der Waals surface area contributed by atoms with Gasteiger partial charge in [0.2, 0.25) is 5.91 Å². The van der Waals surface area contributed by atoms with Gasteiger partial charge < -0.3 is 15.5 Å². The zero-order valence-corrected chi connectivity index (χ0v) is 16.6. The molecule has 1 aromatic rings. The van der Waals surface area contributed by atoms with Crippen molar-refractivity contribution in [3.63, 3.8) is 0 Å². The number of carbonyl (C=O) groups is 1. The third-order valence-corrected chi connectivity index (χ3v) is 5.76. The molecule has 25 heavy (non-hydrogen) atoms. The third-order valence-electron chi connectivity index (χ3n) is 4.75. The van der Waals surface area contributed by atoms with Crippen molar-refractivity contribution in [1.82, 2.24) is 20.5 Å². The molecule has 2 N–H and O–H groups in total. The van der Waals surface area contributed by atoms with Crippen LogP contribution in [0.2, 0.25) is 0 Å². The number of nitrogens with one attached hydrogen (secondary N) is 2. The predicted octanol–water partition coefficient (Wildman–Crippen LogP) is 2.45. The second-order valence-electron chi connectivity index (χ2n) is 7.12. The normalized spacial score (nSPS) is 22.3. The summed E-state index contributed by atoms with van der Waals surface area (Å²) in [7, 11) is 3.51. The van der Waals surface area contributed by atoms with Crippen molar-refractivity contribution in [3.05, 3.63) is 16.6 Å². The Hall–Kier alpha value is -1.63. The van der Waals surface area contributed by atoms with Gasteiger partial charge in [-0.2, -0.15) is 0 Å². The van der Waals surface area contributed by atoms with Crippen LogP contribution in [0.25, 0.3) is 0 Å². The number of guanidine groups is 1. The summed E-state index contributed by atoms with van der Waals surface area (Å²) in [6, 6.07) is 0.421. The maximum absolute atomic E-state index is 11.9. The van der Waals surface area contributed by atoms with Crippen LogP contribution < -0.4 is 10.6 Å². The first-order valence-corrected chi connectivity index (χ1v) is 9.99. The van der Waals surface area contributed by atoms with Gasteiger partial charge in [0.25, 0.3) is 0 Å². The van der Waals surface area contributed by atoms with Gasteiger partial charge in [0.15, 0.2) is 5.96 Å². The summed E-state index contributed by atoms with van der Waals surface area (Å²) in [6.45, 7) is 5.35. The molecule has 1 saturated carbocycles. The van der Waals surface area contributed by atoms with Crippen molar-refractivity contribution in [2.24, 2.45) is 10.9 Å². The average molecular weight is 366 g/mol. The summed E-state index contributed by atoms with van der Waals surface area (Å²) in [4.78, 5) is 22.3. The highest BCUT2D eigenvalue weighted by atomic mass is 32.1. The molecule has 3 unspecified atom stereocenters. The number of thiazole rings is 1. The highest BCUT2D eigenvalue weighted by molar-refractivity contribution is 7.09. The van der Waals surface area contributed by atoms with E-state index in [2.05, 4.69) is 34.5 Å². The van der Waals surface area contributed by atoms with Crippen molar-refractivity contribution in [2.45, 2.75) is 51.5 Å². The third kappa shape index (κ3) is 6.30. The van der Waals surface area contributed by atoms with Gasteiger partial charge in [0.1, 0.15) is 6.54 Å². The van der Waals surface area contributed by atoms with Crippen molar-refractivity contribution in [3.8, 4) is 0 Å². The molecule has 1 aliphatic carbocycles. The van der Waals surface area contributed by atoms with Gasteiger partial charge >= 0.3 is 0 Å². The minimum Gasteiger partial charge on any atom is -0.356 e. The van der Waals surface area contributed by atoms with E-state index in [1.807, 2.05) is 11.6 Å². The van der Waals surface area contributed by atoms with E-state index in [1.165, 1.54) is 19.3 Å². The minimum absolute atomic E-state index is 0.00534. The number of rotatable bonds is 6. The Morgan fingerprint density at radius 2 is 2.20 bits per heavy atom. The molecule has 0 bridgehead atoms. The fourth-order valence-corrected chi connectivity index (χ4v) is 3.66. The molecular weight excluding hydrogens is 334 g/mol. The summed E-state index contributed by atoms with van der Waals surface area (Å²) >= 11 is 1.67. The highest BCUT2D eigenvalue weighted by Crippen LogP contribution is 2.23. The Labute approximate surface area is 155 Å². The molecule has 2 rings (SSSR count). The molecule has 1 aliphatic rings. The first kappa shape index (κ1) is 19.7. The van der Waals surface area contributed by atoms with Crippen LogP contribution in [0.15, 0.2) is 16.6 Å². The zero-order valence-electron chi connectivity index (χ0n) is 15.8. The first-order valence-electron chi connectivity index (χ1n) is 9.11. The van der Waals surface area contributed by atoms with Crippen LogP contribution in [0.4, 0.5) is 0 Å². The molecule has 0 spiro atoms. The maximum atomic E-state index is 11.9. The van der Waals surface area contributed by atoms with E-state index < -0.39 is 0 Å². The zero-order chi connectivity index (χ0) is 18.2. The molecule has 1 fully saturated rings. The number of nitrogens with zero attached hydrogens (tertiary/aromatic N) is 3. The van der Waals surface area contributed by atoms with Crippen LogP contribution in [-0.2, 0) is 4.79 Å². The number of aliphatic imine (C=N–C) groups is 1. The van der Waals surface area contributed by atoms with E-state index in [0.29, 0.717) is 17.9 Å². The van der Waals surface area contributed by atoms with Crippen molar-refractivity contribution in [1.29, 1.82) is 0 Å². The van der Waals surface area contributed by atoms with E-state index >= 15 is 0 Å². The summed E-state index contributed by atoms with van der Waals surface area (Å²) < 4.78 is 0. The Kier molecular flexibility index (Phi) is 7.68. The Bertz CT molecular complexity index is 558. The van der Waals surface area contributed by atoms with Gasteiger partial charge in [-0.25, -0.2) is 9.98 Å². The lowest BCUT2D eigenvalue weighted by Crippen LogP contribution is -2.48. The summed E-state index contributed by atoms with van der Waals surface area (Å²) in [5.41, 5.74) is 0. The molecule has 1 amide bonds. The second kappa shape index (κ2) is 9.75. The van der Waals surface area contributed by atoms with E-state index in [4.69, 9.17) is 0 Å². The number of amides is 1. The molecule has 0 aromatic carbocycles. The molecule has 0 saturated heterocycles. The molecule has 1 heterocycles. The first-order chi connectivity index (χ1) is 12.0. The average Bonchev–Trinajstić information content (AvgIpc) is 3.13. The second-order valence-corrected chi connectivity index (χ2v) is 8.04. The number of carbonyl (C=O) groups excluding carboxylic acids is 1. The summed E-state index contributed by atoms with van der Waals surface area (Å²) in [5, 5.41) is 10.1.